The Hall–Kier alpha value is -0.570. The summed E-state index contributed by atoms with van der Waals surface area (Å²) in [5.74, 6) is 1.02. The predicted molar refractivity (Wildman–Crippen MR) is 59.7 cm³/mol. The highest BCUT2D eigenvalue weighted by Gasteiger charge is 2.23. The summed E-state index contributed by atoms with van der Waals surface area (Å²) in [5.41, 5.74) is 2.39. The van der Waals surface area contributed by atoms with Crippen molar-refractivity contribution in [3.05, 3.63) is 0 Å². The molecule has 86 valence electrons. The molecule has 1 amide bonds. The molecule has 1 fully saturated rings. The van der Waals surface area contributed by atoms with Gasteiger partial charge in [0.2, 0.25) is 5.91 Å². The van der Waals surface area contributed by atoms with Gasteiger partial charge in [0.25, 0.3) is 0 Å². The van der Waals surface area contributed by atoms with Crippen LogP contribution in [0, 0.1) is 11.8 Å². The summed E-state index contributed by atoms with van der Waals surface area (Å²) in [4.78, 5) is 15.9. The van der Waals surface area contributed by atoms with Gasteiger partial charge in [0.15, 0.2) is 0 Å². The zero-order chi connectivity index (χ0) is 8.97. The zero-order valence-electron chi connectivity index (χ0n) is 7.80. The maximum Gasteiger partial charge on any atom is 0.246 e. The van der Waals surface area contributed by atoms with Crippen LogP contribution in [0.4, 0.5) is 0 Å². The van der Waals surface area contributed by atoms with Gasteiger partial charge in [0.1, 0.15) is 0 Å². The molecule has 3 nitrogen and oxygen atoms in total. The fraction of sp³-hybridized carbons (Fsp3) is 0.909. The first kappa shape index (κ1) is 15.9. The van der Waals surface area contributed by atoms with Crippen molar-refractivity contribution in [2.75, 3.05) is 7.11 Å². The Morgan fingerprint density at radius 3 is 2.14 bits per heavy atom. The molecule has 0 radical (unpaired) electrons. The average Bonchev–Trinajstić information content (AvgIpc) is 2.06. The lowest BCUT2D eigenvalue weighted by atomic mass is 9.83. The Morgan fingerprint density at radius 1 is 1.21 bits per heavy atom. The monoisotopic (exact) mass is 203 g/mol. The van der Waals surface area contributed by atoms with Crippen molar-refractivity contribution in [2.45, 2.75) is 47.5 Å². The molecule has 0 bridgehead atoms. The van der Waals surface area contributed by atoms with E-state index in [4.69, 9.17) is 0 Å². The van der Waals surface area contributed by atoms with Gasteiger partial charge in [0, 0.05) is 5.92 Å². The minimum absolute atomic E-state index is 0. The number of amides is 1. The molecule has 0 saturated heterocycles. The van der Waals surface area contributed by atoms with Crippen LogP contribution in [0.5, 0.6) is 0 Å². The lowest BCUT2D eigenvalue weighted by molar-refractivity contribution is -0.136. The third-order valence-corrected chi connectivity index (χ3v) is 2.59. The number of nitrogens with one attached hydrogen (secondary N) is 1. The molecule has 1 saturated carbocycles. The fourth-order valence-corrected chi connectivity index (χ4v) is 1.71. The van der Waals surface area contributed by atoms with Crippen molar-refractivity contribution in [1.82, 2.24) is 5.48 Å². The quantitative estimate of drug-likeness (QED) is 0.701. The van der Waals surface area contributed by atoms with E-state index in [9.17, 15) is 4.79 Å². The summed E-state index contributed by atoms with van der Waals surface area (Å²) in [5, 5.41) is 0. The third-order valence-electron chi connectivity index (χ3n) is 2.59. The summed E-state index contributed by atoms with van der Waals surface area (Å²) < 4.78 is 0. The number of carbonyl (C=O) groups excluding carboxylic acids is 1. The normalized spacial score (nSPS) is 25.6. The minimum Gasteiger partial charge on any atom is -0.277 e. The molecule has 1 N–H and O–H groups in total. The first-order chi connectivity index (χ1) is 5.74. The van der Waals surface area contributed by atoms with E-state index in [1.807, 2.05) is 0 Å². The molecule has 0 aromatic carbocycles. The summed E-state index contributed by atoms with van der Waals surface area (Å²) in [6.07, 6.45) is 4.36. The standard InChI is InChI=1S/C9H17NO2.2CH4/c1-7-3-5-8(6-4-7)9(11)10-12-2;;/h7-8H,3-6H2,1-2H3,(H,10,11);2*1H4. The number of hydrogen-bond donors (Lipinski definition) is 1. The Labute approximate surface area is 88.2 Å². The van der Waals surface area contributed by atoms with Gasteiger partial charge in [-0.05, 0) is 31.6 Å². The largest absolute Gasteiger partial charge is 0.277 e. The number of hydroxylamine groups is 1. The lowest BCUT2D eigenvalue weighted by Crippen LogP contribution is -2.32. The second kappa shape index (κ2) is 7.80. The van der Waals surface area contributed by atoms with Gasteiger partial charge >= 0.3 is 0 Å². The van der Waals surface area contributed by atoms with Crippen LogP contribution < -0.4 is 5.48 Å². The van der Waals surface area contributed by atoms with Gasteiger partial charge in [-0.3, -0.25) is 9.63 Å². The lowest BCUT2D eigenvalue weighted by Gasteiger charge is -2.24. The molecule has 0 unspecified atom stereocenters. The van der Waals surface area contributed by atoms with Gasteiger partial charge < -0.3 is 0 Å². The van der Waals surface area contributed by atoms with Gasteiger partial charge in [-0.2, -0.15) is 0 Å². The van der Waals surface area contributed by atoms with Crippen LogP contribution in [-0.2, 0) is 9.63 Å². The SMILES string of the molecule is C.C.CONC(=O)C1CCC(C)CC1. The fourth-order valence-electron chi connectivity index (χ4n) is 1.71. The van der Waals surface area contributed by atoms with E-state index in [0.29, 0.717) is 0 Å². The molecule has 0 heterocycles. The van der Waals surface area contributed by atoms with Crippen LogP contribution in [-0.4, -0.2) is 13.0 Å². The summed E-state index contributed by atoms with van der Waals surface area (Å²) >= 11 is 0. The highest BCUT2D eigenvalue weighted by Crippen LogP contribution is 2.28. The molecule has 14 heavy (non-hydrogen) atoms. The maximum absolute atomic E-state index is 11.3. The summed E-state index contributed by atoms with van der Waals surface area (Å²) in [7, 11) is 1.48. The van der Waals surface area contributed by atoms with Crippen LogP contribution >= 0.6 is 0 Å². The van der Waals surface area contributed by atoms with Crippen LogP contribution in [0.15, 0.2) is 0 Å². The second-order valence-corrected chi connectivity index (χ2v) is 3.63. The molecule has 1 rings (SSSR count). The Bertz CT molecular complexity index is 151. The van der Waals surface area contributed by atoms with E-state index in [-0.39, 0.29) is 26.7 Å². The van der Waals surface area contributed by atoms with Crippen molar-refractivity contribution in [2.24, 2.45) is 11.8 Å². The smallest absolute Gasteiger partial charge is 0.246 e. The van der Waals surface area contributed by atoms with E-state index in [0.717, 1.165) is 18.8 Å². The molecule has 1 aliphatic rings. The van der Waals surface area contributed by atoms with Crippen molar-refractivity contribution in [3.63, 3.8) is 0 Å². The van der Waals surface area contributed by atoms with Crippen LogP contribution in [0.1, 0.15) is 47.5 Å². The van der Waals surface area contributed by atoms with Gasteiger partial charge in [-0.25, -0.2) is 5.48 Å². The Kier molecular flexibility index (Phi) is 8.85. The third kappa shape index (κ3) is 4.61. The zero-order valence-corrected chi connectivity index (χ0v) is 7.80. The molecular weight excluding hydrogens is 178 g/mol. The predicted octanol–water partition coefficient (Wildman–Crippen LogP) is 2.76. The van der Waals surface area contributed by atoms with E-state index in [1.165, 1.54) is 20.0 Å². The topological polar surface area (TPSA) is 38.3 Å². The maximum atomic E-state index is 11.3. The highest BCUT2D eigenvalue weighted by molar-refractivity contribution is 5.77. The molecule has 3 heteroatoms. The van der Waals surface area contributed by atoms with Crippen molar-refractivity contribution in [3.8, 4) is 0 Å². The van der Waals surface area contributed by atoms with Gasteiger partial charge in [-0.1, -0.05) is 21.8 Å². The number of carbonyl (C=O) groups is 1. The van der Waals surface area contributed by atoms with Crippen molar-refractivity contribution in [1.29, 1.82) is 0 Å². The van der Waals surface area contributed by atoms with Crippen LogP contribution in [0.25, 0.3) is 0 Å². The first-order valence-electron chi connectivity index (χ1n) is 4.57. The average molecular weight is 203 g/mol. The second-order valence-electron chi connectivity index (χ2n) is 3.63. The van der Waals surface area contributed by atoms with E-state index in [1.54, 1.807) is 0 Å². The van der Waals surface area contributed by atoms with Crippen LogP contribution in [0.2, 0.25) is 0 Å². The van der Waals surface area contributed by atoms with Crippen LogP contribution in [0.3, 0.4) is 0 Å². The van der Waals surface area contributed by atoms with E-state index < -0.39 is 0 Å². The number of hydrogen-bond acceptors (Lipinski definition) is 2. The van der Waals surface area contributed by atoms with Crippen molar-refractivity contribution < 1.29 is 9.63 Å². The molecule has 0 aromatic heterocycles. The first-order valence-corrected chi connectivity index (χ1v) is 4.57. The number of rotatable bonds is 2. The minimum atomic E-state index is 0. The molecule has 0 aromatic rings. The molecule has 0 spiro atoms. The highest BCUT2D eigenvalue weighted by atomic mass is 16.6. The Morgan fingerprint density at radius 2 is 1.71 bits per heavy atom. The van der Waals surface area contributed by atoms with Crippen molar-refractivity contribution >= 4 is 5.91 Å². The molecule has 0 aliphatic heterocycles. The molecule has 1 aliphatic carbocycles. The molecular formula is C11H25NO2. The Balaban J connectivity index is 0. The van der Waals surface area contributed by atoms with E-state index in [2.05, 4.69) is 17.2 Å². The summed E-state index contributed by atoms with van der Waals surface area (Å²) in [6, 6.07) is 0. The van der Waals surface area contributed by atoms with E-state index >= 15 is 0 Å². The van der Waals surface area contributed by atoms with Gasteiger partial charge in [0.05, 0.1) is 7.11 Å². The van der Waals surface area contributed by atoms with Gasteiger partial charge in [-0.15, -0.1) is 0 Å². The summed E-state index contributed by atoms with van der Waals surface area (Å²) in [6.45, 7) is 2.24. The molecule has 0 atom stereocenters.